The number of rotatable bonds is 3. The molecule has 2 rings (SSSR count). The molecule has 1 aromatic rings. The van der Waals surface area contributed by atoms with E-state index < -0.39 is 0 Å². The quantitative estimate of drug-likeness (QED) is 0.880. The molecule has 2 heterocycles. The third kappa shape index (κ3) is 2.32. The van der Waals surface area contributed by atoms with Crippen molar-refractivity contribution in [2.24, 2.45) is 0 Å². The number of hydrogen-bond donors (Lipinski definition) is 1. The summed E-state index contributed by atoms with van der Waals surface area (Å²) < 4.78 is 0. The molecule has 1 N–H and O–H groups in total. The first-order chi connectivity index (χ1) is 8.67. The van der Waals surface area contributed by atoms with Crippen LogP contribution in [0.1, 0.15) is 29.8 Å². The van der Waals surface area contributed by atoms with Gasteiger partial charge in [-0.1, -0.05) is 0 Å². The molecule has 1 saturated heterocycles. The minimum Gasteiger partial charge on any atom is -0.366 e. The minimum atomic E-state index is 0.489. The molecule has 0 aromatic carbocycles. The van der Waals surface area contributed by atoms with Gasteiger partial charge >= 0.3 is 0 Å². The maximum absolute atomic E-state index is 9.33. The number of aromatic nitrogens is 1. The van der Waals surface area contributed by atoms with Gasteiger partial charge < -0.3 is 10.2 Å². The summed E-state index contributed by atoms with van der Waals surface area (Å²) in [6.45, 7) is 5.90. The second-order valence-electron chi connectivity index (χ2n) is 4.90. The highest BCUT2D eigenvalue weighted by Gasteiger charge is 2.26. The Morgan fingerprint density at radius 3 is 3.00 bits per heavy atom. The summed E-state index contributed by atoms with van der Waals surface area (Å²) in [6, 6.07) is 4.84. The van der Waals surface area contributed by atoms with Gasteiger partial charge in [-0.05, 0) is 39.8 Å². The molecule has 0 radical (unpaired) electrons. The van der Waals surface area contributed by atoms with Crippen LogP contribution in [-0.2, 0) is 0 Å². The minimum absolute atomic E-state index is 0.489. The number of hydrogen-bond acceptors (Lipinski definition) is 4. The normalized spacial score (nSPS) is 19.0. The molecule has 18 heavy (non-hydrogen) atoms. The van der Waals surface area contributed by atoms with Gasteiger partial charge in [0.1, 0.15) is 6.07 Å². The van der Waals surface area contributed by atoms with Crippen molar-refractivity contribution in [2.75, 3.05) is 25.0 Å². The zero-order valence-corrected chi connectivity index (χ0v) is 11.3. The number of nitrogens with zero attached hydrogens (tertiary/aromatic N) is 3. The first-order valence-electron chi connectivity index (χ1n) is 6.47. The maximum atomic E-state index is 9.33. The van der Waals surface area contributed by atoms with Crippen LogP contribution in [0.15, 0.2) is 6.07 Å². The van der Waals surface area contributed by atoms with E-state index in [-0.39, 0.29) is 0 Å². The number of likely N-dealkylation sites (N-methyl/N-ethyl adjacent to an activating group) is 1. The van der Waals surface area contributed by atoms with E-state index in [1.807, 2.05) is 27.0 Å². The summed E-state index contributed by atoms with van der Waals surface area (Å²) in [4.78, 5) is 6.74. The van der Waals surface area contributed by atoms with Gasteiger partial charge in [0.2, 0.25) is 0 Å². The topological polar surface area (TPSA) is 52.0 Å². The molecule has 96 valence electrons. The molecule has 1 atom stereocenters. The number of nitrogens with one attached hydrogen (secondary N) is 1. The van der Waals surface area contributed by atoms with E-state index >= 15 is 0 Å². The third-order valence-corrected chi connectivity index (χ3v) is 3.55. The summed E-state index contributed by atoms with van der Waals surface area (Å²) in [6.07, 6.45) is 2.38. The molecule has 4 nitrogen and oxygen atoms in total. The first-order valence-corrected chi connectivity index (χ1v) is 6.47. The van der Waals surface area contributed by atoms with Gasteiger partial charge in [0.25, 0.3) is 0 Å². The molecule has 0 saturated carbocycles. The average molecular weight is 244 g/mol. The summed E-state index contributed by atoms with van der Waals surface area (Å²) in [5, 5.41) is 12.6. The smallest absolute Gasteiger partial charge is 0.103 e. The Morgan fingerprint density at radius 1 is 1.56 bits per heavy atom. The summed E-state index contributed by atoms with van der Waals surface area (Å²) >= 11 is 0. The van der Waals surface area contributed by atoms with Crippen molar-refractivity contribution >= 4 is 5.69 Å². The Morgan fingerprint density at radius 2 is 2.33 bits per heavy atom. The van der Waals surface area contributed by atoms with Gasteiger partial charge in [-0.2, -0.15) is 5.26 Å². The molecular weight excluding hydrogens is 224 g/mol. The van der Waals surface area contributed by atoms with Crippen molar-refractivity contribution in [1.29, 1.82) is 5.26 Å². The van der Waals surface area contributed by atoms with E-state index in [4.69, 9.17) is 0 Å². The Labute approximate surface area is 109 Å². The van der Waals surface area contributed by atoms with Crippen molar-refractivity contribution in [3.8, 4) is 6.07 Å². The molecule has 0 aliphatic carbocycles. The zero-order valence-electron chi connectivity index (χ0n) is 11.3. The number of anilines is 1. The Kier molecular flexibility index (Phi) is 3.83. The van der Waals surface area contributed by atoms with Crippen LogP contribution in [0, 0.1) is 25.2 Å². The largest absolute Gasteiger partial charge is 0.366 e. The SMILES string of the molecule is CNCC1CCCN1c1cc(C)nc(C)c1C#N. The van der Waals surface area contributed by atoms with Crippen LogP contribution in [0.4, 0.5) is 5.69 Å². The van der Waals surface area contributed by atoms with Crippen LogP contribution in [-0.4, -0.2) is 31.2 Å². The zero-order chi connectivity index (χ0) is 13.1. The van der Waals surface area contributed by atoms with Crippen LogP contribution in [0.5, 0.6) is 0 Å². The maximum Gasteiger partial charge on any atom is 0.103 e. The van der Waals surface area contributed by atoms with Gasteiger partial charge in [-0.25, -0.2) is 0 Å². The highest BCUT2D eigenvalue weighted by Crippen LogP contribution is 2.29. The molecule has 1 aliphatic heterocycles. The lowest BCUT2D eigenvalue weighted by molar-refractivity contribution is 0.615. The van der Waals surface area contributed by atoms with Crippen LogP contribution < -0.4 is 10.2 Å². The van der Waals surface area contributed by atoms with Crippen LogP contribution in [0.2, 0.25) is 0 Å². The molecule has 1 aliphatic rings. The second-order valence-corrected chi connectivity index (χ2v) is 4.90. The lowest BCUT2D eigenvalue weighted by Crippen LogP contribution is -2.37. The van der Waals surface area contributed by atoms with Crippen molar-refractivity contribution < 1.29 is 0 Å². The molecular formula is C14H20N4. The van der Waals surface area contributed by atoms with E-state index in [2.05, 4.69) is 21.3 Å². The van der Waals surface area contributed by atoms with Crippen molar-refractivity contribution in [1.82, 2.24) is 10.3 Å². The molecule has 4 heteroatoms. The fraction of sp³-hybridized carbons (Fsp3) is 0.571. The van der Waals surface area contributed by atoms with Crippen LogP contribution in [0.25, 0.3) is 0 Å². The van der Waals surface area contributed by atoms with E-state index in [1.165, 1.54) is 12.8 Å². The molecule has 1 unspecified atom stereocenters. The van der Waals surface area contributed by atoms with E-state index in [0.717, 1.165) is 35.7 Å². The fourth-order valence-corrected chi connectivity index (χ4v) is 2.77. The predicted molar refractivity (Wildman–Crippen MR) is 72.7 cm³/mol. The van der Waals surface area contributed by atoms with Crippen molar-refractivity contribution in [3.63, 3.8) is 0 Å². The average Bonchev–Trinajstić information content (AvgIpc) is 2.76. The van der Waals surface area contributed by atoms with Gasteiger partial charge in [-0.15, -0.1) is 0 Å². The predicted octanol–water partition coefficient (Wildman–Crippen LogP) is 1.76. The number of pyridine rings is 1. The fourth-order valence-electron chi connectivity index (χ4n) is 2.77. The Bertz CT molecular complexity index is 475. The van der Waals surface area contributed by atoms with Crippen molar-refractivity contribution in [3.05, 3.63) is 23.0 Å². The van der Waals surface area contributed by atoms with Crippen LogP contribution >= 0.6 is 0 Å². The molecule has 1 fully saturated rings. The van der Waals surface area contributed by atoms with Gasteiger partial charge in [0, 0.05) is 24.8 Å². The Balaban J connectivity index is 2.41. The molecule has 0 spiro atoms. The standard InChI is InChI=1S/C14H20N4/c1-10-7-14(13(8-15)11(2)17-10)18-6-4-5-12(18)9-16-3/h7,12,16H,4-6,9H2,1-3H3. The van der Waals surface area contributed by atoms with Crippen molar-refractivity contribution in [2.45, 2.75) is 32.7 Å². The highest BCUT2D eigenvalue weighted by atomic mass is 15.2. The van der Waals surface area contributed by atoms with Gasteiger partial charge in [-0.3, -0.25) is 4.98 Å². The highest BCUT2D eigenvalue weighted by molar-refractivity contribution is 5.62. The van der Waals surface area contributed by atoms with Gasteiger partial charge in [0.05, 0.1) is 16.9 Å². The van der Waals surface area contributed by atoms with E-state index in [9.17, 15) is 5.26 Å². The third-order valence-electron chi connectivity index (χ3n) is 3.55. The van der Waals surface area contributed by atoms with Crippen LogP contribution in [0.3, 0.4) is 0 Å². The molecule has 0 amide bonds. The summed E-state index contributed by atoms with van der Waals surface area (Å²) in [5.74, 6) is 0. The molecule has 0 bridgehead atoms. The van der Waals surface area contributed by atoms with Gasteiger partial charge in [0.15, 0.2) is 0 Å². The second kappa shape index (κ2) is 5.36. The monoisotopic (exact) mass is 244 g/mol. The number of nitriles is 1. The Hall–Kier alpha value is -1.60. The summed E-state index contributed by atoms with van der Waals surface area (Å²) in [5.41, 5.74) is 3.60. The lowest BCUT2D eigenvalue weighted by atomic mass is 10.1. The summed E-state index contributed by atoms with van der Waals surface area (Å²) in [7, 11) is 1.98. The number of aryl methyl sites for hydroxylation is 2. The molecule has 1 aromatic heterocycles. The van der Waals surface area contributed by atoms with E-state index in [0.29, 0.717) is 6.04 Å². The van der Waals surface area contributed by atoms with E-state index in [1.54, 1.807) is 0 Å². The lowest BCUT2D eigenvalue weighted by Gasteiger charge is -2.28. The first kappa shape index (κ1) is 12.8.